The first kappa shape index (κ1) is 21.0. The van der Waals surface area contributed by atoms with Gasteiger partial charge in [-0.2, -0.15) is 0 Å². The summed E-state index contributed by atoms with van der Waals surface area (Å²) >= 11 is 0. The average molecular weight is 423 g/mol. The van der Waals surface area contributed by atoms with Crippen LogP contribution in [0, 0.1) is 5.92 Å². The van der Waals surface area contributed by atoms with Gasteiger partial charge >= 0.3 is 0 Å². The van der Waals surface area contributed by atoms with Gasteiger partial charge in [-0.15, -0.1) is 0 Å². The molecule has 5 heteroatoms. The molecule has 168 valence electrons. The Morgan fingerprint density at radius 1 is 1.06 bits per heavy atom. The molecule has 1 aromatic carbocycles. The summed E-state index contributed by atoms with van der Waals surface area (Å²) in [6, 6.07) is 9.83. The monoisotopic (exact) mass is 422 g/mol. The summed E-state index contributed by atoms with van der Waals surface area (Å²) in [6.07, 6.45) is 11.4. The van der Waals surface area contributed by atoms with E-state index in [4.69, 9.17) is 0 Å². The normalized spacial score (nSPS) is 24.7. The van der Waals surface area contributed by atoms with Crippen molar-refractivity contribution < 1.29 is 4.79 Å². The molecule has 3 aliphatic rings. The molecule has 1 saturated carbocycles. The Bertz CT molecular complexity index is 886. The van der Waals surface area contributed by atoms with Crippen molar-refractivity contribution in [1.29, 1.82) is 0 Å². The van der Waals surface area contributed by atoms with E-state index in [-0.39, 0.29) is 5.91 Å². The lowest BCUT2D eigenvalue weighted by Gasteiger charge is -2.38. The van der Waals surface area contributed by atoms with Crippen LogP contribution >= 0.6 is 0 Å². The minimum Gasteiger partial charge on any atom is -0.344 e. The number of benzene rings is 1. The highest BCUT2D eigenvalue weighted by Crippen LogP contribution is 2.32. The number of fused-ring (bicyclic) bond motifs is 1. The zero-order valence-corrected chi connectivity index (χ0v) is 19.1. The van der Waals surface area contributed by atoms with Crippen LogP contribution in [0.15, 0.2) is 30.5 Å². The molecule has 0 radical (unpaired) electrons. The summed E-state index contributed by atoms with van der Waals surface area (Å²) in [6.45, 7) is 8.35. The molecule has 31 heavy (non-hydrogen) atoms. The number of rotatable bonds is 5. The molecular formula is C26H38N4O. The molecular weight excluding hydrogens is 384 g/mol. The second kappa shape index (κ2) is 9.33. The summed E-state index contributed by atoms with van der Waals surface area (Å²) in [7, 11) is 0. The predicted molar refractivity (Wildman–Crippen MR) is 127 cm³/mol. The SMILES string of the molecule is CCC(C1CCCNC1)n1ccc2cc(C(=O)N3CCN(C4CCCC4)CC3)ccc21. The minimum absolute atomic E-state index is 0.198. The second-order valence-corrected chi connectivity index (χ2v) is 9.85. The molecule has 1 N–H and O–H groups in total. The van der Waals surface area contributed by atoms with Gasteiger partial charge in [0.1, 0.15) is 0 Å². The maximum atomic E-state index is 13.2. The van der Waals surface area contributed by atoms with Gasteiger partial charge in [0.25, 0.3) is 5.91 Å². The standard InChI is InChI=1S/C26H38N4O/c1-2-24(22-6-5-12-27-19-22)30-13-11-20-18-21(9-10-25(20)30)26(31)29-16-14-28(15-17-29)23-7-3-4-8-23/h9-11,13,18,22-24,27H,2-8,12,14-17,19H2,1H3. The Labute approximate surface area is 186 Å². The minimum atomic E-state index is 0.198. The Balaban J connectivity index is 1.28. The van der Waals surface area contributed by atoms with Gasteiger partial charge in [0, 0.05) is 60.9 Å². The van der Waals surface area contributed by atoms with Gasteiger partial charge in [-0.25, -0.2) is 0 Å². The van der Waals surface area contributed by atoms with E-state index in [1.807, 2.05) is 0 Å². The fraction of sp³-hybridized carbons (Fsp3) is 0.654. The lowest BCUT2D eigenvalue weighted by atomic mass is 9.90. The third-order valence-electron chi connectivity index (χ3n) is 8.06. The fourth-order valence-corrected chi connectivity index (χ4v) is 6.29. The van der Waals surface area contributed by atoms with Crippen molar-refractivity contribution in [3.05, 3.63) is 36.0 Å². The number of piperidine rings is 1. The van der Waals surface area contributed by atoms with Gasteiger partial charge in [0.2, 0.25) is 0 Å². The molecule has 5 nitrogen and oxygen atoms in total. The molecule has 2 aliphatic heterocycles. The molecule has 0 spiro atoms. The number of amides is 1. The average Bonchev–Trinajstić information content (AvgIpc) is 3.50. The van der Waals surface area contributed by atoms with Crippen LogP contribution in [0.2, 0.25) is 0 Å². The van der Waals surface area contributed by atoms with E-state index < -0.39 is 0 Å². The first-order valence-electron chi connectivity index (χ1n) is 12.6. The van der Waals surface area contributed by atoms with Crippen LogP contribution < -0.4 is 5.32 Å². The first-order chi connectivity index (χ1) is 15.2. The van der Waals surface area contributed by atoms with Crippen LogP contribution in [0.25, 0.3) is 10.9 Å². The lowest BCUT2D eigenvalue weighted by molar-refractivity contribution is 0.0573. The maximum Gasteiger partial charge on any atom is 0.253 e. The largest absolute Gasteiger partial charge is 0.344 e. The number of carbonyl (C=O) groups excluding carboxylic acids is 1. The van der Waals surface area contributed by atoms with E-state index in [0.717, 1.165) is 57.3 Å². The van der Waals surface area contributed by atoms with Gasteiger partial charge in [-0.05, 0) is 75.4 Å². The van der Waals surface area contributed by atoms with E-state index in [1.54, 1.807) is 0 Å². The smallest absolute Gasteiger partial charge is 0.253 e. The van der Waals surface area contributed by atoms with Crippen molar-refractivity contribution >= 4 is 16.8 Å². The highest BCUT2D eigenvalue weighted by Gasteiger charge is 2.29. The van der Waals surface area contributed by atoms with Crippen molar-refractivity contribution in [1.82, 2.24) is 19.7 Å². The quantitative estimate of drug-likeness (QED) is 0.781. The molecule has 5 rings (SSSR count). The molecule has 1 aliphatic carbocycles. The van der Waals surface area contributed by atoms with Crippen LogP contribution in [0.1, 0.15) is 68.3 Å². The summed E-state index contributed by atoms with van der Waals surface area (Å²) in [5.74, 6) is 0.885. The molecule has 3 fully saturated rings. The topological polar surface area (TPSA) is 40.5 Å². The molecule has 0 bridgehead atoms. The number of piperazine rings is 1. The Kier molecular flexibility index (Phi) is 6.33. The zero-order chi connectivity index (χ0) is 21.2. The summed E-state index contributed by atoms with van der Waals surface area (Å²) in [4.78, 5) is 17.9. The fourth-order valence-electron chi connectivity index (χ4n) is 6.29. The van der Waals surface area contributed by atoms with Crippen LogP contribution in [-0.2, 0) is 0 Å². The highest BCUT2D eigenvalue weighted by atomic mass is 16.2. The molecule has 1 aromatic heterocycles. The number of hydrogen-bond acceptors (Lipinski definition) is 3. The molecule has 3 heterocycles. The van der Waals surface area contributed by atoms with Crippen molar-refractivity contribution in [3.63, 3.8) is 0 Å². The summed E-state index contributed by atoms with van der Waals surface area (Å²) in [5.41, 5.74) is 2.10. The van der Waals surface area contributed by atoms with Crippen molar-refractivity contribution in [2.45, 2.75) is 64.0 Å². The van der Waals surface area contributed by atoms with E-state index in [9.17, 15) is 4.79 Å². The zero-order valence-electron chi connectivity index (χ0n) is 19.1. The maximum absolute atomic E-state index is 13.2. The van der Waals surface area contributed by atoms with E-state index in [0.29, 0.717) is 12.0 Å². The summed E-state index contributed by atoms with van der Waals surface area (Å²) in [5, 5.41) is 4.77. The van der Waals surface area contributed by atoms with E-state index >= 15 is 0 Å². The third kappa shape index (κ3) is 4.27. The van der Waals surface area contributed by atoms with Gasteiger partial charge in [0.05, 0.1) is 0 Å². The molecule has 1 amide bonds. The Morgan fingerprint density at radius 2 is 1.87 bits per heavy atom. The predicted octanol–water partition coefficient (Wildman–Crippen LogP) is 4.29. The van der Waals surface area contributed by atoms with Gasteiger partial charge < -0.3 is 14.8 Å². The molecule has 2 aromatic rings. The van der Waals surface area contributed by atoms with Crippen LogP contribution in [0.5, 0.6) is 0 Å². The molecule has 2 saturated heterocycles. The van der Waals surface area contributed by atoms with Crippen LogP contribution in [-0.4, -0.2) is 65.6 Å². The number of aromatic nitrogens is 1. The molecule has 2 atom stereocenters. The van der Waals surface area contributed by atoms with E-state index in [2.05, 4.69) is 57.1 Å². The Hall–Kier alpha value is -1.85. The van der Waals surface area contributed by atoms with Crippen molar-refractivity contribution in [2.75, 3.05) is 39.3 Å². The van der Waals surface area contributed by atoms with Crippen LogP contribution in [0.3, 0.4) is 0 Å². The molecule has 2 unspecified atom stereocenters. The van der Waals surface area contributed by atoms with Gasteiger partial charge in [-0.3, -0.25) is 9.69 Å². The Morgan fingerprint density at radius 3 is 2.58 bits per heavy atom. The van der Waals surface area contributed by atoms with Crippen LogP contribution in [0.4, 0.5) is 0 Å². The highest BCUT2D eigenvalue weighted by molar-refractivity contribution is 5.98. The number of carbonyl (C=O) groups is 1. The number of nitrogens with zero attached hydrogens (tertiary/aromatic N) is 3. The van der Waals surface area contributed by atoms with E-state index in [1.165, 1.54) is 49.4 Å². The summed E-state index contributed by atoms with van der Waals surface area (Å²) < 4.78 is 2.46. The number of hydrogen-bond donors (Lipinski definition) is 1. The lowest BCUT2D eigenvalue weighted by Crippen LogP contribution is -2.51. The van der Waals surface area contributed by atoms with Gasteiger partial charge in [-0.1, -0.05) is 19.8 Å². The van der Waals surface area contributed by atoms with Crippen molar-refractivity contribution in [3.8, 4) is 0 Å². The second-order valence-electron chi connectivity index (χ2n) is 9.85. The first-order valence-corrected chi connectivity index (χ1v) is 12.6. The van der Waals surface area contributed by atoms with Gasteiger partial charge in [0.15, 0.2) is 0 Å². The van der Waals surface area contributed by atoms with Crippen molar-refractivity contribution in [2.24, 2.45) is 5.92 Å². The number of nitrogens with one attached hydrogen (secondary N) is 1. The third-order valence-corrected chi connectivity index (χ3v) is 8.06.